The number of ketones is 1. The molecule has 0 bridgehead atoms. The van der Waals surface area contributed by atoms with Crippen LogP contribution in [0.25, 0.3) is 0 Å². The second-order valence-electron chi connectivity index (χ2n) is 4.86. The number of aryl methyl sites for hydroxylation is 2. The van der Waals surface area contributed by atoms with E-state index in [0.29, 0.717) is 0 Å². The Morgan fingerprint density at radius 3 is 2.78 bits per heavy atom. The van der Waals surface area contributed by atoms with Gasteiger partial charge in [0.2, 0.25) is 0 Å². The van der Waals surface area contributed by atoms with Crippen molar-refractivity contribution in [3.63, 3.8) is 0 Å². The molecule has 0 unspecified atom stereocenters. The minimum Gasteiger partial charge on any atom is -0.381 e. The SMILES string of the molecule is Cc1ccc(C)c(C(=O)COC2CCOCC2)c1. The maximum Gasteiger partial charge on any atom is 0.188 e. The standard InChI is InChI=1S/C15H20O3/c1-11-3-4-12(2)14(9-11)15(16)10-18-13-5-7-17-8-6-13/h3-4,9,13H,5-8,10H2,1-2H3. The van der Waals surface area contributed by atoms with E-state index >= 15 is 0 Å². The summed E-state index contributed by atoms with van der Waals surface area (Å²) in [5.74, 6) is 0.0719. The molecule has 1 aromatic carbocycles. The molecule has 0 N–H and O–H groups in total. The smallest absolute Gasteiger partial charge is 0.188 e. The Morgan fingerprint density at radius 2 is 2.06 bits per heavy atom. The van der Waals surface area contributed by atoms with Crippen LogP contribution in [0.3, 0.4) is 0 Å². The van der Waals surface area contributed by atoms with Crippen molar-refractivity contribution >= 4 is 5.78 Å². The summed E-state index contributed by atoms with van der Waals surface area (Å²) in [4.78, 5) is 12.1. The van der Waals surface area contributed by atoms with Gasteiger partial charge in [-0.05, 0) is 38.3 Å². The highest BCUT2D eigenvalue weighted by Gasteiger charge is 2.17. The zero-order valence-electron chi connectivity index (χ0n) is 11.1. The Labute approximate surface area is 108 Å². The van der Waals surface area contributed by atoms with Crippen LogP contribution in [-0.4, -0.2) is 31.7 Å². The van der Waals surface area contributed by atoms with Crippen molar-refractivity contribution in [1.82, 2.24) is 0 Å². The molecule has 3 nitrogen and oxygen atoms in total. The first-order valence-electron chi connectivity index (χ1n) is 6.46. The molecule has 0 aromatic heterocycles. The number of carbonyl (C=O) groups excluding carboxylic acids is 1. The monoisotopic (exact) mass is 248 g/mol. The van der Waals surface area contributed by atoms with Crippen LogP contribution >= 0.6 is 0 Å². The summed E-state index contributed by atoms with van der Waals surface area (Å²) in [7, 11) is 0. The second kappa shape index (κ2) is 6.12. The molecule has 0 radical (unpaired) electrons. The fourth-order valence-electron chi connectivity index (χ4n) is 2.15. The molecule has 98 valence electrons. The molecular formula is C15H20O3. The molecule has 3 heteroatoms. The summed E-state index contributed by atoms with van der Waals surface area (Å²) < 4.78 is 10.9. The Kier molecular flexibility index (Phi) is 4.50. The summed E-state index contributed by atoms with van der Waals surface area (Å²) >= 11 is 0. The summed E-state index contributed by atoms with van der Waals surface area (Å²) in [5.41, 5.74) is 2.90. The molecule has 1 fully saturated rings. The van der Waals surface area contributed by atoms with Crippen molar-refractivity contribution in [2.75, 3.05) is 19.8 Å². The van der Waals surface area contributed by atoms with Gasteiger partial charge in [0.25, 0.3) is 0 Å². The maximum absolute atomic E-state index is 12.1. The molecule has 1 saturated heterocycles. The largest absolute Gasteiger partial charge is 0.381 e. The van der Waals surface area contributed by atoms with Crippen molar-refractivity contribution in [3.8, 4) is 0 Å². The van der Waals surface area contributed by atoms with E-state index in [0.717, 1.165) is 42.7 Å². The van der Waals surface area contributed by atoms with Gasteiger partial charge in [-0.15, -0.1) is 0 Å². The molecular weight excluding hydrogens is 228 g/mol. The lowest BCUT2D eigenvalue weighted by Gasteiger charge is -2.22. The highest BCUT2D eigenvalue weighted by Crippen LogP contribution is 2.14. The summed E-state index contributed by atoms with van der Waals surface area (Å²) in [6.45, 7) is 5.61. The van der Waals surface area contributed by atoms with Crippen LogP contribution < -0.4 is 0 Å². The van der Waals surface area contributed by atoms with E-state index in [9.17, 15) is 4.79 Å². The molecule has 0 saturated carbocycles. The quantitative estimate of drug-likeness (QED) is 0.768. The van der Waals surface area contributed by atoms with Crippen LogP contribution in [0.1, 0.15) is 34.3 Å². The third-order valence-electron chi connectivity index (χ3n) is 3.31. The van der Waals surface area contributed by atoms with Crippen molar-refractivity contribution in [2.24, 2.45) is 0 Å². The lowest BCUT2D eigenvalue weighted by molar-refractivity contribution is -0.0262. The molecule has 18 heavy (non-hydrogen) atoms. The maximum atomic E-state index is 12.1. The highest BCUT2D eigenvalue weighted by atomic mass is 16.5. The fraction of sp³-hybridized carbons (Fsp3) is 0.533. The molecule has 1 aromatic rings. The minimum absolute atomic E-state index is 0.0719. The topological polar surface area (TPSA) is 35.5 Å². The summed E-state index contributed by atoms with van der Waals surface area (Å²) in [6.07, 6.45) is 1.95. The van der Waals surface area contributed by atoms with Gasteiger partial charge in [-0.2, -0.15) is 0 Å². The number of ether oxygens (including phenoxy) is 2. The Morgan fingerprint density at radius 1 is 1.33 bits per heavy atom. The van der Waals surface area contributed by atoms with Crippen LogP contribution in [0.5, 0.6) is 0 Å². The average molecular weight is 248 g/mol. The van der Waals surface area contributed by atoms with Crippen molar-refractivity contribution in [3.05, 3.63) is 34.9 Å². The number of carbonyl (C=O) groups is 1. The van der Waals surface area contributed by atoms with E-state index in [1.54, 1.807) is 0 Å². The molecule has 0 amide bonds. The van der Waals surface area contributed by atoms with Crippen molar-refractivity contribution in [2.45, 2.75) is 32.8 Å². The van der Waals surface area contributed by atoms with Gasteiger partial charge in [-0.1, -0.05) is 17.7 Å². The van der Waals surface area contributed by atoms with Crippen LogP contribution in [-0.2, 0) is 9.47 Å². The van der Waals surface area contributed by atoms with Gasteiger partial charge < -0.3 is 9.47 Å². The number of Topliss-reactive ketones (excluding diaryl/α,β-unsaturated/α-hetero) is 1. The number of hydrogen-bond acceptors (Lipinski definition) is 3. The predicted octanol–water partition coefficient (Wildman–Crippen LogP) is 2.68. The lowest BCUT2D eigenvalue weighted by atomic mass is 10.0. The van der Waals surface area contributed by atoms with Gasteiger partial charge in [-0.25, -0.2) is 0 Å². The third kappa shape index (κ3) is 3.40. The number of benzene rings is 1. The first-order valence-corrected chi connectivity index (χ1v) is 6.46. The highest BCUT2D eigenvalue weighted by molar-refractivity contribution is 5.98. The zero-order valence-corrected chi connectivity index (χ0v) is 11.1. The van der Waals surface area contributed by atoms with E-state index in [-0.39, 0.29) is 18.5 Å². The Hall–Kier alpha value is -1.19. The third-order valence-corrected chi connectivity index (χ3v) is 3.31. The Bertz CT molecular complexity index is 420. The second-order valence-corrected chi connectivity index (χ2v) is 4.86. The predicted molar refractivity (Wildman–Crippen MR) is 70.0 cm³/mol. The number of rotatable bonds is 4. The fourth-order valence-corrected chi connectivity index (χ4v) is 2.15. The van der Waals surface area contributed by atoms with E-state index in [1.165, 1.54) is 0 Å². The molecule has 0 atom stereocenters. The van der Waals surface area contributed by atoms with Gasteiger partial charge in [-0.3, -0.25) is 4.79 Å². The minimum atomic E-state index is 0.0719. The van der Waals surface area contributed by atoms with Crippen LogP contribution in [0.2, 0.25) is 0 Å². The molecule has 1 aliphatic rings. The van der Waals surface area contributed by atoms with Gasteiger partial charge in [0.05, 0.1) is 6.10 Å². The van der Waals surface area contributed by atoms with Gasteiger partial charge in [0, 0.05) is 18.8 Å². The lowest BCUT2D eigenvalue weighted by Crippen LogP contribution is -2.26. The van der Waals surface area contributed by atoms with Crippen molar-refractivity contribution < 1.29 is 14.3 Å². The first-order chi connectivity index (χ1) is 8.66. The molecule has 0 aliphatic carbocycles. The van der Waals surface area contributed by atoms with Gasteiger partial charge in [0.15, 0.2) is 5.78 Å². The molecule has 1 aliphatic heterocycles. The average Bonchev–Trinajstić information content (AvgIpc) is 2.40. The van der Waals surface area contributed by atoms with Crippen LogP contribution in [0.4, 0.5) is 0 Å². The van der Waals surface area contributed by atoms with E-state index < -0.39 is 0 Å². The molecule has 0 spiro atoms. The summed E-state index contributed by atoms with van der Waals surface area (Å²) in [5, 5.41) is 0. The van der Waals surface area contributed by atoms with E-state index in [4.69, 9.17) is 9.47 Å². The van der Waals surface area contributed by atoms with Gasteiger partial charge in [0.1, 0.15) is 6.61 Å². The van der Waals surface area contributed by atoms with E-state index in [1.807, 2.05) is 32.0 Å². The van der Waals surface area contributed by atoms with Crippen LogP contribution in [0.15, 0.2) is 18.2 Å². The first kappa shape index (κ1) is 13.2. The van der Waals surface area contributed by atoms with Crippen molar-refractivity contribution in [1.29, 1.82) is 0 Å². The zero-order chi connectivity index (χ0) is 13.0. The Balaban J connectivity index is 1.92. The molecule has 2 rings (SSSR count). The van der Waals surface area contributed by atoms with Crippen LogP contribution in [0, 0.1) is 13.8 Å². The molecule has 1 heterocycles. The van der Waals surface area contributed by atoms with E-state index in [2.05, 4.69) is 0 Å². The number of hydrogen-bond donors (Lipinski definition) is 0. The summed E-state index contributed by atoms with van der Waals surface area (Å²) in [6, 6.07) is 5.94. The normalized spacial score (nSPS) is 16.8. The van der Waals surface area contributed by atoms with Gasteiger partial charge >= 0.3 is 0 Å².